The maximum atomic E-state index is 13.4. The third-order valence-corrected chi connectivity index (χ3v) is 7.26. The summed E-state index contributed by atoms with van der Waals surface area (Å²) in [6.45, 7) is 5.82. The van der Waals surface area contributed by atoms with E-state index in [0.29, 0.717) is 23.7 Å². The second-order valence-corrected chi connectivity index (χ2v) is 9.98. The first-order valence-electron chi connectivity index (χ1n) is 11.6. The summed E-state index contributed by atoms with van der Waals surface area (Å²) in [5.74, 6) is 0.487. The highest BCUT2D eigenvalue weighted by atomic mass is 32.1. The third kappa shape index (κ3) is 4.61. The molecular formula is C27H28N4O2S. The number of amides is 1. The van der Waals surface area contributed by atoms with E-state index in [0.717, 1.165) is 41.7 Å². The molecule has 1 aliphatic rings. The monoisotopic (exact) mass is 472 g/mol. The number of fused-ring (bicyclic) bond motifs is 1. The number of carbonyl (C=O) groups is 1. The molecule has 1 fully saturated rings. The normalized spacial score (nSPS) is 16.1. The van der Waals surface area contributed by atoms with Crippen molar-refractivity contribution in [2.24, 2.45) is 5.92 Å². The predicted molar refractivity (Wildman–Crippen MR) is 139 cm³/mol. The summed E-state index contributed by atoms with van der Waals surface area (Å²) in [4.78, 5) is 33.5. The van der Waals surface area contributed by atoms with Gasteiger partial charge < -0.3 is 10.2 Å². The molecular weight excluding hydrogens is 444 g/mol. The molecule has 0 aliphatic carbocycles. The zero-order chi connectivity index (χ0) is 23.7. The van der Waals surface area contributed by atoms with Crippen LogP contribution in [0.2, 0.25) is 0 Å². The van der Waals surface area contributed by atoms with E-state index in [-0.39, 0.29) is 17.4 Å². The van der Waals surface area contributed by atoms with E-state index < -0.39 is 0 Å². The number of hydrogen-bond acceptors (Lipinski definition) is 5. The molecule has 1 aliphatic heterocycles. The predicted octanol–water partition coefficient (Wildman–Crippen LogP) is 4.98. The first-order valence-corrected chi connectivity index (χ1v) is 12.5. The molecule has 3 heterocycles. The van der Waals surface area contributed by atoms with Crippen LogP contribution >= 0.6 is 11.3 Å². The maximum absolute atomic E-state index is 13.4. The van der Waals surface area contributed by atoms with Gasteiger partial charge in [0.2, 0.25) is 11.9 Å². The van der Waals surface area contributed by atoms with E-state index in [2.05, 4.69) is 41.4 Å². The summed E-state index contributed by atoms with van der Waals surface area (Å²) in [6, 6.07) is 18.0. The van der Waals surface area contributed by atoms with Gasteiger partial charge in [-0.2, -0.15) is 0 Å². The number of anilines is 2. The molecule has 6 nitrogen and oxygen atoms in total. The van der Waals surface area contributed by atoms with E-state index in [1.165, 1.54) is 16.9 Å². The Labute approximate surface area is 202 Å². The number of aromatic nitrogens is 2. The van der Waals surface area contributed by atoms with E-state index >= 15 is 0 Å². The van der Waals surface area contributed by atoms with Gasteiger partial charge in [0.25, 0.3) is 5.56 Å². The molecule has 1 saturated heterocycles. The summed E-state index contributed by atoms with van der Waals surface area (Å²) in [5.41, 5.74) is 4.85. The van der Waals surface area contributed by atoms with Gasteiger partial charge in [-0.25, -0.2) is 4.98 Å². The third-order valence-electron chi connectivity index (χ3n) is 6.37. The molecule has 1 atom stereocenters. The van der Waals surface area contributed by atoms with Crippen molar-refractivity contribution >= 4 is 39.1 Å². The van der Waals surface area contributed by atoms with E-state index in [1.807, 2.05) is 42.6 Å². The van der Waals surface area contributed by atoms with E-state index in [1.54, 1.807) is 4.57 Å². The SMILES string of the molecule is Cc1ccc(Cn2c(N3CCC[C@@H](C(=O)Nc4cccc(C)c4)C3)nc3ccsc3c2=O)cc1. The first-order chi connectivity index (χ1) is 16.5. The van der Waals surface area contributed by atoms with Crippen LogP contribution in [-0.2, 0) is 11.3 Å². The number of nitrogens with one attached hydrogen (secondary N) is 1. The standard InChI is InChI=1S/C27H28N4O2S/c1-18-8-10-20(11-9-18)16-31-26(33)24-23(12-14-34-24)29-27(31)30-13-4-6-21(17-30)25(32)28-22-7-3-5-19(2)15-22/h3,5,7-12,14-15,21H,4,6,13,16-17H2,1-2H3,(H,28,32)/t21-/m1/s1. The Morgan fingerprint density at radius 2 is 1.94 bits per heavy atom. The fraction of sp³-hybridized carbons (Fsp3) is 0.296. The summed E-state index contributed by atoms with van der Waals surface area (Å²) < 4.78 is 2.44. The van der Waals surface area contributed by atoms with Gasteiger partial charge in [-0.15, -0.1) is 11.3 Å². The molecule has 2 aromatic carbocycles. The van der Waals surface area contributed by atoms with Gasteiger partial charge in [-0.3, -0.25) is 14.2 Å². The molecule has 5 rings (SSSR count). The van der Waals surface area contributed by atoms with Gasteiger partial charge >= 0.3 is 0 Å². The highest BCUT2D eigenvalue weighted by Crippen LogP contribution is 2.26. The lowest BCUT2D eigenvalue weighted by Crippen LogP contribution is -2.43. The molecule has 0 spiro atoms. The average molecular weight is 473 g/mol. The molecule has 1 N–H and O–H groups in total. The number of nitrogens with zero attached hydrogens (tertiary/aromatic N) is 3. The number of hydrogen-bond donors (Lipinski definition) is 1. The summed E-state index contributed by atoms with van der Waals surface area (Å²) >= 11 is 1.43. The lowest BCUT2D eigenvalue weighted by molar-refractivity contribution is -0.120. The minimum atomic E-state index is -0.169. The van der Waals surface area contributed by atoms with E-state index in [4.69, 9.17) is 4.98 Å². The Morgan fingerprint density at radius 3 is 2.74 bits per heavy atom. The number of carbonyl (C=O) groups excluding carboxylic acids is 1. The maximum Gasteiger partial charge on any atom is 0.273 e. The summed E-state index contributed by atoms with van der Waals surface area (Å²) in [5, 5.41) is 4.98. The molecule has 7 heteroatoms. The van der Waals surface area contributed by atoms with Crippen LogP contribution in [0.1, 0.15) is 29.5 Å². The fourth-order valence-electron chi connectivity index (χ4n) is 4.53. The van der Waals surface area contributed by atoms with Crippen molar-refractivity contribution in [1.82, 2.24) is 9.55 Å². The Morgan fingerprint density at radius 1 is 1.12 bits per heavy atom. The van der Waals surface area contributed by atoms with Crippen LogP contribution in [0.15, 0.2) is 64.8 Å². The van der Waals surface area contributed by atoms with Crippen molar-refractivity contribution in [1.29, 1.82) is 0 Å². The molecule has 0 bridgehead atoms. The Balaban J connectivity index is 1.44. The van der Waals surface area contributed by atoms with Crippen molar-refractivity contribution in [3.63, 3.8) is 0 Å². The number of aryl methyl sites for hydroxylation is 2. The first kappa shape index (κ1) is 22.3. The zero-order valence-electron chi connectivity index (χ0n) is 19.5. The fourth-order valence-corrected chi connectivity index (χ4v) is 5.31. The van der Waals surface area contributed by atoms with Crippen LogP contribution < -0.4 is 15.8 Å². The van der Waals surface area contributed by atoms with Crippen molar-refractivity contribution < 1.29 is 4.79 Å². The van der Waals surface area contributed by atoms with Gasteiger partial charge in [-0.05, 0) is 61.4 Å². The van der Waals surface area contributed by atoms with Crippen LogP contribution in [-0.4, -0.2) is 28.5 Å². The Kier molecular flexibility index (Phi) is 6.20. The highest BCUT2D eigenvalue weighted by Gasteiger charge is 2.29. The van der Waals surface area contributed by atoms with Crippen LogP contribution in [0.5, 0.6) is 0 Å². The minimum Gasteiger partial charge on any atom is -0.341 e. The summed E-state index contributed by atoms with van der Waals surface area (Å²) in [6.07, 6.45) is 1.69. The molecule has 2 aromatic heterocycles. The van der Waals surface area contributed by atoms with Crippen molar-refractivity contribution in [2.45, 2.75) is 33.2 Å². The number of piperidine rings is 1. The minimum absolute atomic E-state index is 0.0133. The molecule has 174 valence electrons. The van der Waals surface area contributed by atoms with Crippen LogP contribution in [0.4, 0.5) is 11.6 Å². The van der Waals surface area contributed by atoms with Crippen molar-refractivity contribution in [2.75, 3.05) is 23.3 Å². The highest BCUT2D eigenvalue weighted by molar-refractivity contribution is 7.17. The van der Waals surface area contributed by atoms with Gasteiger partial charge in [0, 0.05) is 18.8 Å². The molecule has 0 unspecified atom stereocenters. The lowest BCUT2D eigenvalue weighted by atomic mass is 9.97. The quantitative estimate of drug-likeness (QED) is 0.445. The number of thiophene rings is 1. The van der Waals surface area contributed by atoms with Crippen LogP contribution in [0.25, 0.3) is 10.2 Å². The van der Waals surface area contributed by atoms with Gasteiger partial charge in [0.15, 0.2) is 0 Å². The molecule has 1 amide bonds. The van der Waals surface area contributed by atoms with E-state index in [9.17, 15) is 9.59 Å². The number of benzene rings is 2. The van der Waals surface area contributed by atoms with Crippen LogP contribution in [0, 0.1) is 19.8 Å². The molecule has 4 aromatic rings. The van der Waals surface area contributed by atoms with Crippen molar-refractivity contribution in [3.8, 4) is 0 Å². The smallest absolute Gasteiger partial charge is 0.273 e. The lowest BCUT2D eigenvalue weighted by Gasteiger charge is -2.34. The second-order valence-electron chi connectivity index (χ2n) is 9.07. The topological polar surface area (TPSA) is 67.2 Å². The molecule has 0 radical (unpaired) electrons. The molecule has 0 saturated carbocycles. The summed E-state index contributed by atoms with van der Waals surface area (Å²) in [7, 11) is 0. The number of rotatable bonds is 5. The van der Waals surface area contributed by atoms with Gasteiger partial charge in [-0.1, -0.05) is 42.0 Å². The zero-order valence-corrected chi connectivity index (χ0v) is 20.3. The van der Waals surface area contributed by atoms with Gasteiger partial charge in [0.1, 0.15) is 4.70 Å². The largest absolute Gasteiger partial charge is 0.341 e. The Bertz CT molecular complexity index is 1390. The van der Waals surface area contributed by atoms with Crippen LogP contribution in [0.3, 0.4) is 0 Å². The Hall–Kier alpha value is -3.45. The average Bonchev–Trinajstić information content (AvgIpc) is 3.31. The molecule has 34 heavy (non-hydrogen) atoms. The van der Waals surface area contributed by atoms with Crippen molar-refractivity contribution in [3.05, 3.63) is 87.0 Å². The van der Waals surface area contributed by atoms with Gasteiger partial charge in [0.05, 0.1) is 18.0 Å². The second kappa shape index (κ2) is 9.43.